The predicted molar refractivity (Wildman–Crippen MR) is 118 cm³/mol. The number of anilines is 2. The van der Waals surface area contributed by atoms with Crippen molar-refractivity contribution in [2.24, 2.45) is 5.92 Å². The van der Waals surface area contributed by atoms with Gasteiger partial charge in [-0.05, 0) is 37.5 Å². The summed E-state index contributed by atoms with van der Waals surface area (Å²) in [5.74, 6) is 1.74. The number of nitrogen functional groups attached to an aromatic ring is 1. The Morgan fingerprint density at radius 2 is 2.07 bits per heavy atom. The number of hydrogen-bond donors (Lipinski definition) is 1. The monoisotopic (exact) mass is 429 g/mol. The second-order valence-corrected chi connectivity index (χ2v) is 10.0. The normalized spacial score (nSPS) is 20.5. The van der Waals surface area contributed by atoms with Crippen LogP contribution in [0.15, 0.2) is 36.8 Å². The number of likely N-dealkylation sites (N-methyl/N-ethyl adjacent to an activating group) is 1. The van der Waals surface area contributed by atoms with Crippen LogP contribution in [0.4, 0.5) is 11.5 Å². The van der Waals surface area contributed by atoms with Gasteiger partial charge in [-0.15, -0.1) is 0 Å². The van der Waals surface area contributed by atoms with Crippen molar-refractivity contribution in [3.8, 4) is 11.5 Å². The van der Waals surface area contributed by atoms with Gasteiger partial charge in [0.25, 0.3) is 0 Å². The van der Waals surface area contributed by atoms with E-state index in [1.165, 1.54) is 0 Å². The number of hydrogen-bond acceptors (Lipinski definition) is 7. The summed E-state index contributed by atoms with van der Waals surface area (Å²) in [6.07, 6.45) is 6.06. The van der Waals surface area contributed by atoms with Crippen LogP contribution in [0, 0.1) is 5.92 Å². The van der Waals surface area contributed by atoms with Gasteiger partial charge in [-0.25, -0.2) is 23.4 Å². The zero-order valence-corrected chi connectivity index (χ0v) is 18.2. The van der Waals surface area contributed by atoms with Crippen molar-refractivity contribution in [1.29, 1.82) is 0 Å². The number of imidazole rings is 1. The fourth-order valence-corrected chi connectivity index (χ4v) is 5.09. The van der Waals surface area contributed by atoms with E-state index in [0.29, 0.717) is 30.5 Å². The van der Waals surface area contributed by atoms with Gasteiger partial charge in [0.1, 0.15) is 17.2 Å². The molecule has 0 bridgehead atoms. The summed E-state index contributed by atoms with van der Waals surface area (Å²) in [5.41, 5.74) is 8.07. The molecular weight excluding hydrogens is 402 g/mol. The van der Waals surface area contributed by atoms with Crippen molar-refractivity contribution >= 4 is 27.2 Å². The minimum Gasteiger partial charge on any atom is -0.398 e. The van der Waals surface area contributed by atoms with Crippen molar-refractivity contribution < 1.29 is 8.42 Å². The van der Waals surface area contributed by atoms with E-state index in [2.05, 4.69) is 21.8 Å². The van der Waals surface area contributed by atoms with Gasteiger partial charge in [-0.2, -0.15) is 4.31 Å². The number of sulfonamides is 1. The minimum absolute atomic E-state index is 0.0284. The Bertz CT molecular complexity index is 1160. The molecule has 0 unspecified atom stereocenters. The number of nitrogens with zero attached hydrogens (tertiary/aromatic N) is 6. The second kappa shape index (κ2) is 7.84. The smallest absolute Gasteiger partial charge is 0.213 e. The zero-order valence-electron chi connectivity index (χ0n) is 17.4. The summed E-state index contributed by atoms with van der Waals surface area (Å²) in [7, 11) is -1.25. The maximum absolute atomic E-state index is 12.4. The summed E-state index contributed by atoms with van der Waals surface area (Å²) >= 11 is 0. The van der Waals surface area contributed by atoms with E-state index < -0.39 is 10.0 Å². The number of nitrogens with two attached hydrogens (primary N) is 1. The lowest BCUT2D eigenvalue weighted by Gasteiger charge is -2.41. The molecule has 1 aliphatic heterocycles. The van der Waals surface area contributed by atoms with Gasteiger partial charge >= 0.3 is 0 Å². The number of aromatic nitrogens is 4. The molecule has 10 heteroatoms. The number of pyridine rings is 1. The molecule has 1 aliphatic rings. The third kappa shape index (κ3) is 3.72. The maximum atomic E-state index is 12.4. The molecule has 3 aromatic heterocycles. The molecule has 0 radical (unpaired) electrons. The lowest BCUT2D eigenvalue weighted by Crippen LogP contribution is -2.53. The average Bonchev–Trinajstić information content (AvgIpc) is 3.16. The van der Waals surface area contributed by atoms with Crippen molar-refractivity contribution in [3.63, 3.8) is 0 Å². The molecule has 4 rings (SSSR count). The van der Waals surface area contributed by atoms with E-state index in [-0.39, 0.29) is 11.8 Å². The average molecular weight is 430 g/mol. The third-order valence-corrected chi connectivity index (χ3v) is 7.74. The molecule has 0 spiro atoms. The van der Waals surface area contributed by atoms with Crippen molar-refractivity contribution in [3.05, 3.63) is 36.8 Å². The van der Waals surface area contributed by atoms with Crippen LogP contribution in [0.1, 0.15) is 20.3 Å². The maximum Gasteiger partial charge on any atom is 0.213 e. The van der Waals surface area contributed by atoms with E-state index in [1.54, 1.807) is 35.9 Å². The summed E-state index contributed by atoms with van der Waals surface area (Å²) < 4.78 is 28.2. The molecular formula is C20H27N7O2S. The van der Waals surface area contributed by atoms with Crippen LogP contribution >= 0.6 is 0 Å². The Balaban J connectivity index is 1.65. The van der Waals surface area contributed by atoms with Crippen LogP contribution in [-0.2, 0) is 10.0 Å². The van der Waals surface area contributed by atoms with Crippen LogP contribution in [-0.4, -0.2) is 64.0 Å². The van der Waals surface area contributed by atoms with Crippen molar-refractivity contribution in [2.45, 2.75) is 26.3 Å². The summed E-state index contributed by atoms with van der Waals surface area (Å²) in [4.78, 5) is 15.6. The molecule has 0 aromatic carbocycles. The SMILES string of the molecule is CCS(=O)(=O)N1CC[C@@H](C)[C@@H](N(C)c2ccnc(-c3cnc4ccc(N)cn34)n2)C1. The van der Waals surface area contributed by atoms with Crippen LogP contribution in [0.25, 0.3) is 17.2 Å². The number of fused-ring (bicyclic) bond motifs is 1. The quantitative estimate of drug-likeness (QED) is 0.659. The highest BCUT2D eigenvalue weighted by molar-refractivity contribution is 7.89. The van der Waals surface area contributed by atoms with E-state index in [9.17, 15) is 8.42 Å². The molecule has 1 saturated heterocycles. The third-order valence-electron chi connectivity index (χ3n) is 5.90. The Labute approximate surface area is 176 Å². The lowest BCUT2D eigenvalue weighted by molar-refractivity contribution is 0.247. The predicted octanol–water partition coefficient (Wildman–Crippen LogP) is 1.87. The number of rotatable bonds is 5. The Morgan fingerprint density at radius 1 is 1.27 bits per heavy atom. The summed E-state index contributed by atoms with van der Waals surface area (Å²) in [6, 6.07) is 5.53. The van der Waals surface area contributed by atoms with Gasteiger partial charge in [0.15, 0.2) is 5.82 Å². The van der Waals surface area contributed by atoms with Gasteiger partial charge in [0, 0.05) is 44.3 Å². The minimum atomic E-state index is -3.21. The molecule has 9 nitrogen and oxygen atoms in total. The van der Waals surface area contributed by atoms with Crippen molar-refractivity contribution in [2.75, 3.05) is 36.5 Å². The summed E-state index contributed by atoms with van der Waals surface area (Å²) in [5, 5.41) is 0. The lowest BCUT2D eigenvalue weighted by atomic mass is 9.93. The Morgan fingerprint density at radius 3 is 2.83 bits per heavy atom. The molecule has 30 heavy (non-hydrogen) atoms. The topological polar surface area (TPSA) is 110 Å². The molecule has 0 amide bonds. The first kappa shape index (κ1) is 20.5. The van der Waals surface area contributed by atoms with Crippen LogP contribution in [0.2, 0.25) is 0 Å². The van der Waals surface area contributed by atoms with E-state index in [0.717, 1.165) is 23.6 Å². The highest BCUT2D eigenvalue weighted by Crippen LogP contribution is 2.27. The first-order chi connectivity index (χ1) is 14.3. The number of piperidine rings is 1. The molecule has 1 fully saturated rings. The largest absolute Gasteiger partial charge is 0.398 e. The van der Waals surface area contributed by atoms with Gasteiger partial charge in [-0.3, -0.25) is 4.40 Å². The highest BCUT2D eigenvalue weighted by atomic mass is 32.2. The molecule has 3 aromatic rings. The van der Waals surface area contributed by atoms with E-state index in [1.807, 2.05) is 23.6 Å². The molecule has 2 atom stereocenters. The first-order valence-electron chi connectivity index (χ1n) is 10.1. The molecule has 0 saturated carbocycles. The fraction of sp³-hybridized carbons (Fsp3) is 0.450. The molecule has 0 aliphatic carbocycles. The fourth-order valence-electron chi connectivity index (χ4n) is 3.96. The van der Waals surface area contributed by atoms with E-state index >= 15 is 0 Å². The zero-order chi connectivity index (χ0) is 21.5. The van der Waals surface area contributed by atoms with Crippen LogP contribution < -0.4 is 10.6 Å². The first-order valence-corrected chi connectivity index (χ1v) is 11.7. The Kier molecular flexibility index (Phi) is 5.37. The molecule has 160 valence electrons. The summed E-state index contributed by atoms with van der Waals surface area (Å²) in [6.45, 7) is 4.87. The highest BCUT2D eigenvalue weighted by Gasteiger charge is 2.34. The van der Waals surface area contributed by atoms with Crippen LogP contribution in [0.3, 0.4) is 0 Å². The molecule has 4 heterocycles. The van der Waals surface area contributed by atoms with E-state index in [4.69, 9.17) is 10.7 Å². The van der Waals surface area contributed by atoms with Crippen LogP contribution in [0.5, 0.6) is 0 Å². The van der Waals surface area contributed by atoms with Crippen molar-refractivity contribution in [1.82, 2.24) is 23.7 Å². The molecule has 2 N–H and O–H groups in total. The standard InChI is InChI=1S/C20H27N7O2S/c1-4-30(28,29)26-10-8-14(2)17(13-26)25(3)19-7-9-22-20(24-19)16-11-23-18-6-5-15(21)12-27(16)18/h5-7,9,11-12,14,17H,4,8,10,13,21H2,1-3H3/t14-,17+/m1/s1. The Hall–Kier alpha value is -2.72. The second-order valence-electron chi connectivity index (χ2n) is 7.78. The van der Waals surface area contributed by atoms with Gasteiger partial charge in [0.05, 0.1) is 11.9 Å². The van der Waals surface area contributed by atoms with Gasteiger partial charge in [0.2, 0.25) is 10.0 Å². The van der Waals surface area contributed by atoms with Gasteiger partial charge in [-0.1, -0.05) is 6.92 Å². The van der Waals surface area contributed by atoms with Gasteiger partial charge < -0.3 is 10.6 Å².